The zero-order valence-corrected chi connectivity index (χ0v) is 14.6. The second kappa shape index (κ2) is 10.0. The molecule has 0 aliphatic carbocycles. The third-order valence-electron chi connectivity index (χ3n) is 3.65. The monoisotopic (exact) mass is 383 g/mol. The molecule has 0 aliphatic heterocycles. The molecule has 12 nitrogen and oxygen atoms in total. The Hall–Kier alpha value is -3.28. The summed E-state index contributed by atoms with van der Waals surface area (Å²) in [5.74, 6) is -1.75. The number of nitrogens with zero attached hydrogens (tertiary/aromatic N) is 2. The summed E-state index contributed by atoms with van der Waals surface area (Å²) in [6.45, 7) is 1.72. The number of nitro groups is 2. The van der Waals surface area contributed by atoms with Crippen LogP contribution in [0.2, 0.25) is 0 Å². The zero-order chi connectivity index (χ0) is 20.6. The van der Waals surface area contributed by atoms with E-state index >= 15 is 0 Å². The summed E-state index contributed by atoms with van der Waals surface area (Å²) in [6.07, 6.45) is 1.05. The molecule has 0 saturated heterocycles. The Morgan fingerprint density at radius 3 is 2.41 bits per heavy atom. The number of nitro benzene ring substituents is 2. The first-order valence-electron chi connectivity index (χ1n) is 8.09. The Morgan fingerprint density at radius 1 is 1.22 bits per heavy atom. The molecule has 1 aromatic rings. The van der Waals surface area contributed by atoms with Crippen molar-refractivity contribution in [2.45, 2.75) is 38.3 Å². The second-order valence-corrected chi connectivity index (χ2v) is 5.83. The number of nitrogens with two attached hydrogens (primary N) is 1. The number of amides is 1. The van der Waals surface area contributed by atoms with Crippen LogP contribution in [0.25, 0.3) is 0 Å². The zero-order valence-electron chi connectivity index (χ0n) is 14.6. The van der Waals surface area contributed by atoms with Gasteiger partial charge in [-0.15, -0.1) is 0 Å². The first-order valence-corrected chi connectivity index (χ1v) is 8.09. The topological polar surface area (TPSA) is 191 Å². The van der Waals surface area contributed by atoms with Crippen molar-refractivity contribution in [1.29, 1.82) is 0 Å². The Balaban J connectivity index is 2.56. The maximum Gasteiger partial charge on any atom is 0.326 e. The summed E-state index contributed by atoms with van der Waals surface area (Å²) in [5, 5.41) is 36.0. The average Bonchev–Trinajstić information content (AvgIpc) is 2.59. The van der Waals surface area contributed by atoms with Crippen LogP contribution in [-0.4, -0.2) is 45.5 Å². The Labute approximate surface area is 154 Å². The molecule has 0 heterocycles. The molecule has 1 amide bonds. The van der Waals surface area contributed by atoms with Gasteiger partial charge >= 0.3 is 5.97 Å². The maximum absolute atomic E-state index is 11.5. The Bertz CT molecular complexity index is 723. The highest BCUT2D eigenvalue weighted by molar-refractivity contribution is 5.86. The minimum Gasteiger partial charge on any atom is -0.480 e. The van der Waals surface area contributed by atoms with Crippen LogP contribution in [0, 0.1) is 20.2 Å². The van der Waals surface area contributed by atoms with Gasteiger partial charge in [0.1, 0.15) is 11.7 Å². The second-order valence-electron chi connectivity index (χ2n) is 5.83. The maximum atomic E-state index is 11.5. The van der Waals surface area contributed by atoms with E-state index in [1.54, 1.807) is 0 Å². The van der Waals surface area contributed by atoms with Crippen LogP contribution in [0.15, 0.2) is 18.2 Å². The number of rotatable bonds is 11. The number of non-ortho nitro benzene ring substituents is 1. The van der Waals surface area contributed by atoms with Crippen molar-refractivity contribution >= 4 is 28.9 Å². The number of carbonyl (C=O) groups is 2. The molecule has 2 atom stereocenters. The molecule has 1 aromatic carbocycles. The molecule has 0 unspecified atom stereocenters. The average molecular weight is 383 g/mol. The van der Waals surface area contributed by atoms with Gasteiger partial charge in [0.05, 0.1) is 22.0 Å². The first-order chi connectivity index (χ1) is 12.6. The van der Waals surface area contributed by atoms with Gasteiger partial charge in [-0.3, -0.25) is 25.0 Å². The number of nitrogens with one attached hydrogen (secondary N) is 2. The van der Waals surface area contributed by atoms with Crippen LogP contribution in [-0.2, 0) is 9.59 Å². The molecule has 148 valence electrons. The number of carboxylic acid groups (broad SMARTS) is 1. The largest absolute Gasteiger partial charge is 0.480 e. The van der Waals surface area contributed by atoms with E-state index in [4.69, 9.17) is 10.8 Å². The van der Waals surface area contributed by atoms with Gasteiger partial charge in [-0.1, -0.05) is 0 Å². The minimum absolute atomic E-state index is 0.130. The van der Waals surface area contributed by atoms with E-state index in [2.05, 4.69) is 10.6 Å². The van der Waals surface area contributed by atoms with Crippen LogP contribution in [0.3, 0.4) is 0 Å². The Morgan fingerprint density at radius 2 is 1.89 bits per heavy atom. The van der Waals surface area contributed by atoms with E-state index < -0.39 is 39.5 Å². The van der Waals surface area contributed by atoms with E-state index in [-0.39, 0.29) is 24.3 Å². The van der Waals surface area contributed by atoms with Crippen LogP contribution in [0.5, 0.6) is 0 Å². The molecule has 1 rings (SSSR count). The minimum atomic E-state index is -1.18. The van der Waals surface area contributed by atoms with Crippen molar-refractivity contribution in [3.05, 3.63) is 38.4 Å². The first kappa shape index (κ1) is 21.8. The van der Waals surface area contributed by atoms with Crippen molar-refractivity contribution < 1.29 is 24.5 Å². The molecule has 0 spiro atoms. The van der Waals surface area contributed by atoms with E-state index in [0.29, 0.717) is 12.8 Å². The SMILES string of the molecule is C[C@H](N)C(=O)N[C@@H](CCCCNc1ccc([N+](=O)[O-])cc1[N+](=O)[O-])C(=O)O. The molecule has 12 heteroatoms. The molecule has 0 saturated carbocycles. The molecule has 0 bridgehead atoms. The summed E-state index contributed by atoms with van der Waals surface area (Å²) in [5.41, 5.74) is 4.70. The van der Waals surface area contributed by atoms with Crippen LogP contribution >= 0.6 is 0 Å². The lowest BCUT2D eigenvalue weighted by Crippen LogP contribution is -2.47. The van der Waals surface area contributed by atoms with Crippen molar-refractivity contribution in [2.24, 2.45) is 5.73 Å². The lowest BCUT2D eigenvalue weighted by Gasteiger charge is -2.16. The van der Waals surface area contributed by atoms with Gasteiger partial charge in [0.2, 0.25) is 5.91 Å². The molecular weight excluding hydrogens is 362 g/mol. The summed E-state index contributed by atoms with van der Waals surface area (Å²) < 4.78 is 0. The van der Waals surface area contributed by atoms with Crippen LogP contribution in [0.4, 0.5) is 17.1 Å². The molecular formula is C15H21N5O7. The summed E-state index contributed by atoms with van der Waals surface area (Å²) in [7, 11) is 0. The third-order valence-corrected chi connectivity index (χ3v) is 3.65. The molecule has 0 aliphatic rings. The van der Waals surface area contributed by atoms with Gasteiger partial charge in [-0.05, 0) is 32.3 Å². The quantitative estimate of drug-likeness (QED) is 0.245. The number of aliphatic carboxylic acids is 1. The molecule has 27 heavy (non-hydrogen) atoms. The molecule has 0 fully saturated rings. The van der Waals surface area contributed by atoms with Crippen LogP contribution < -0.4 is 16.4 Å². The fourth-order valence-corrected chi connectivity index (χ4v) is 2.19. The fourth-order valence-electron chi connectivity index (χ4n) is 2.19. The van der Waals surface area contributed by atoms with Gasteiger partial charge in [0, 0.05) is 12.6 Å². The number of carboxylic acids is 1. The number of carbonyl (C=O) groups excluding carboxylic acids is 1. The van der Waals surface area contributed by atoms with E-state index in [1.807, 2.05) is 0 Å². The highest BCUT2D eigenvalue weighted by atomic mass is 16.6. The van der Waals surface area contributed by atoms with E-state index in [1.165, 1.54) is 13.0 Å². The molecule has 5 N–H and O–H groups in total. The van der Waals surface area contributed by atoms with Crippen molar-refractivity contribution in [3.63, 3.8) is 0 Å². The highest BCUT2D eigenvalue weighted by Gasteiger charge is 2.21. The van der Waals surface area contributed by atoms with Gasteiger partial charge < -0.3 is 21.5 Å². The molecule has 0 aromatic heterocycles. The Kier molecular flexibility index (Phi) is 8.07. The van der Waals surface area contributed by atoms with Gasteiger partial charge in [-0.25, -0.2) is 4.79 Å². The van der Waals surface area contributed by atoms with Crippen molar-refractivity contribution in [1.82, 2.24) is 5.32 Å². The molecule has 0 radical (unpaired) electrons. The van der Waals surface area contributed by atoms with E-state index in [9.17, 15) is 29.8 Å². The third kappa shape index (κ3) is 6.86. The lowest BCUT2D eigenvalue weighted by molar-refractivity contribution is -0.393. The van der Waals surface area contributed by atoms with Crippen molar-refractivity contribution in [3.8, 4) is 0 Å². The normalized spacial score (nSPS) is 12.7. The predicted octanol–water partition coefficient (Wildman–Crippen LogP) is 1.00. The standard InChI is InChI=1S/C15H21N5O7/c1-9(16)14(21)18-12(15(22)23)4-2-3-7-17-11-6-5-10(19(24)25)8-13(11)20(26)27/h5-6,8-9,12,17H,2-4,7,16H2,1H3,(H,18,21)(H,22,23)/t9-,12-/m0/s1. The van der Waals surface area contributed by atoms with E-state index in [0.717, 1.165) is 12.1 Å². The predicted molar refractivity (Wildman–Crippen MR) is 95.3 cm³/mol. The van der Waals surface area contributed by atoms with Gasteiger partial charge in [-0.2, -0.15) is 0 Å². The number of hydrogen-bond acceptors (Lipinski definition) is 8. The van der Waals surface area contributed by atoms with Crippen LogP contribution in [0.1, 0.15) is 26.2 Å². The summed E-state index contributed by atoms with van der Waals surface area (Å²) in [4.78, 5) is 42.9. The summed E-state index contributed by atoms with van der Waals surface area (Å²) in [6, 6.07) is 1.37. The lowest BCUT2D eigenvalue weighted by atomic mass is 10.1. The number of anilines is 1. The van der Waals surface area contributed by atoms with Gasteiger partial charge in [0.25, 0.3) is 11.4 Å². The smallest absolute Gasteiger partial charge is 0.326 e. The van der Waals surface area contributed by atoms with Gasteiger partial charge in [0.15, 0.2) is 0 Å². The summed E-state index contributed by atoms with van der Waals surface area (Å²) >= 11 is 0. The number of benzene rings is 1. The fraction of sp³-hybridized carbons (Fsp3) is 0.467. The van der Waals surface area contributed by atoms with Crippen molar-refractivity contribution in [2.75, 3.05) is 11.9 Å². The highest BCUT2D eigenvalue weighted by Crippen LogP contribution is 2.28. The number of hydrogen-bond donors (Lipinski definition) is 4. The number of unbranched alkanes of at least 4 members (excludes halogenated alkanes) is 1.